The highest BCUT2D eigenvalue weighted by Crippen LogP contribution is 2.11. The Hall–Kier alpha value is -1.72. The Morgan fingerprint density at radius 1 is 1.11 bits per heavy atom. The quantitative estimate of drug-likeness (QED) is 0.935. The van der Waals surface area contributed by atoms with Gasteiger partial charge in [-0.15, -0.1) is 0 Å². The summed E-state index contributed by atoms with van der Waals surface area (Å²) in [7, 11) is -3.53. The van der Waals surface area contributed by atoms with Gasteiger partial charge in [-0.05, 0) is 36.2 Å². The van der Waals surface area contributed by atoms with Crippen molar-refractivity contribution in [3.63, 3.8) is 0 Å². The van der Waals surface area contributed by atoms with Gasteiger partial charge in [0.15, 0.2) is 0 Å². The van der Waals surface area contributed by atoms with Crippen LogP contribution in [0.3, 0.4) is 0 Å². The molecule has 1 N–H and O–H groups in total. The molecule has 0 aromatic heterocycles. The molecule has 2 rings (SSSR count). The van der Waals surface area contributed by atoms with E-state index >= 15 is 0 Å². The average molecular weight is 279 g/mol. The van der Waals surface area contributed by atoms with Gasteiger partial charge < -0.3 is 0 Å². The third kappa shape index (κ3) is 3.39. The predicted molar refractivity (Wildman–Crippen MR) is 71.6 cm³/mol. The Labute approximate surface area is 112 Å². The summed E-state index contributed by atoms with van der Waals surface area (Å²) in [5.41, 5.74) is 1.22. The minimum absolute atomic E-state index is 0.137. The average Bonchev–Trinajstić information content (AvgIpc) is 2.41. The number of sulfonamides is 1. The normalized spacial score (nSPS) is 11.5. The Kier molecular flexibility index (Phi) is 3.97. The Balaban J connectivity index is 2.12. The summed E-state index contributed by atoms with van der Waals surface area (Å²) < 4.78 is 39.5. The molecule has 0 spiro atoms. The summed E-state index contributed by atoms with van der Waals surface area (Å²) >= 11 is 0. The van der Waals surface area contributed by atoms with Crippen molar-refractivity contribution >= 4 is 10.0 Å². The fourth-order valence-corrected chi connectivity index (χ4v) is 2.72. The highest BCUT2D eigenvalue weighted by Gasteiger charge is 2.12. The van der Waals surface area contributed by atoms with E-state index in [1.165, 1.54) is 18.2 Å². The molecule has 0 fully saturated rings. The molecular weight excluding hydrogens is 265 g/mol. The van der Waals surface area contributed by atoms with Gasteiger partial charge in [0.05, 0.1) is 4.90 Å². The first-order valence-electron chi connectivity index (χ1n) is 5.79. The van der Waals surface area contributed by atoms with Crippen molar-refractivity contribution in [3.05, 3.63) is 65.5 Å². The molecule has 3 nitrogen and oxygen atoms in total. The number of hydrogen-bond donors (Lipinski definition) is 1. The summed E-state index contributed by atoms with van der Waals surface area (Å²) in [5.74, 6) is -0.297. The molecule has 0 aliphatic rings. The van der Waals surface area contributed by atoms with Gasteiger partial charge >= 0.3 is 0 Å². The van der Waals surface area contributed by atoms with Gasteiger partial charge in [0.1, 0.15) is 5.82 Å². The van der Waals surface area contributed by atoms with Gasteiger partial charge in [-0.3, -0.25) is 0 Å². The summed E-state index contributed by atoms with van der Waals surface area (Å²) in [6.07, 6.45) is 0. The largest absolute Gasteiger partial charge is 0.240 e. The molecule has 0 radical (unpaired) electrons. The van der Waals surface area contributed by atoms with Crippen LogP contribution in [0.5, 0.6) is 0 Å². The minimum Gasteiger partial charge on any atom is -0.207 e. The maximum Gasteiger partial charge on any atom is 0.240 e. The maximum atomic E-state index is 13.1. The highest BCUT2D eigenvalue weighted by molar-refractivity contribution is 7.89. The number of hydrogen-bond acceptors (Lipinski definition) is 2. The van der Waals surface area contributed by atoms with Crippen molar-refractivity contribution in [2.24, 2.45) is 0 Å². The smallest absolute Gasteiger partial charge is 0.207 e. The van der Waals surface area contributed by atoms with Gasteiger partial charge in [0, 0.05) is 6.54 Å². The first-order chi connectivity index (χ1) is 8.99. The van der Waals surface area contributed by atoms with Crippen LogP contribution in [0.15, 0.2) is 53.4 Å². The molecule has 5 heteroatoms. The fourth-order valence-electron chi connectivity index (χ4n) is 1.68. The lowest BCUT2D eigenvalue weighted by Gasteiger charge is -2.07. The van der Waals surface area contributed by atoms with Gasteiger partial charge in [0.25, 0.3) is 0 Å². The minimum atomic E-state index is -3.53. The maximum absolute atomic E-state index is 13.1. The zero-order valence-electron chi connectivity index (χ0n) is 10.4. The first kappa shape index (κ1) is 13.7. The Morgan fingerprint density at radius 3 is 2.42 bits per heavy atom. The molecule has 0 aliphatic carbocycles. The second-order valence-electron chi connectivity index (χ2n) is 4.22. The number of nitrogens with one attached hydrogen (secondary N) is 1. The lowest BCUT2D eigenvalue weighted by Crippen LogP contribution is -2.23. The van der Waals surface area contributed by atoms with Gasteiger partial charge in [-0.25, -0.2) is 17.5 Å². The zero-order valence-corrected chi connectivity index (χ0v) is 11.2. The summed E-state index contributed by atoms with van der Waals surface area (Å²) in [5, 5.41) is 0. The van der Waals surface area contributed by atoms with E-state index < -0.39 is 10.0 Å². The van der Waals surface area contributed by atoms with E-state index in [1.807, 2.05) is 0 Å². The van der Waals surface area contributed by atoms with E-state index in [-0.39, 0.29) is 17.3 Å². The van der Waals surface area contributed by atoms with Crippen molar-refractivity contribution in [2.75, 3.05) is 0 Å². The van der Waals surface area contributed by atoms with E-state index in [4.69, 9.17) is 0 Å². The number of rotatable bonds is 4. The van der Waals surface area contributed by atoms with Crippen molar-refractivity contribution in [2.45, 2.75) is 18.4 Å². The van der Waals surface area contributed by atoms with Crippen molar-refractivity contribution < 1.29 is 12.8 Å². The van der Waals surface area contributed by atoms with E-state index in [1.54, 1.807) is 37.3 Å². The van der Waals surface area contributed by atoms with Crippen LogP contribution in [0.1, 0.15) is 11.1 Å². The van der Waals surface area contributed by atoms with Gasteiger partial charge in [0.2, 0.25) is 10.0 Å². The van der Waals surface area contributed by atoms with Crippen LogP contribution in [0.2, 0.25) is 0 Å². The van der Waals surface area contributed by atoms with E-state index in [9.17, 15) is 12.8 Å². The predicted octanol–water partition coefficient (Wildman–Crippen LogP) is 2.61. The molecule has 0 unspecified atom stereocenters. The van der Waals surface area contributed by atoms with E-state index in [0.717, 1.165) is 5.56 Å². The fraction of sp³-hybridized carbons (Fsp3) is 0.143. The van der Waals surface area contributed by atoms with Crippen molar-refractivity contribution in [1.82, 2.24) is 4.72 Å². The van der Waals surface area contributed by atoms with E-state index in [2.05, 4.69) is 4.72 Å². The van der Waals surface area contributed by atoms with Gasteiger partial charge in [-0.1, -0.05) is 30.3 Å². The van der Waals surface area contributed by atoms with Crippen LogP contribution in [0.25, 0.3) is 0 Å². The highest BCUT2D eigenvalue weighted by atomic mass is 32.2. The molecule has 0 atom stereocenters. The van der Waals surface area contributed by atoms with Crippen LogP contribution in [0, 0.1) is 12.7 Å². The van der Waals surface area contributed by atoms with Gasteiger partial charge in [-0.2, -0.15) is 0 Å². The number of aryl methyl sites for hydroxylation is 1. The molecule has 0 heterocycles. The summed E-state index contributed by atoms with van der Waals surface area (Å²) in [6.45, 7) is 1.78. The zero-order chi connectivity index (χ0) is 13.9. The lowest BCUT2D eigenvalue weighted by molar-refractivity contribution is 0.581. The molecule has 2 aromatic rings. The number of benzene rings is 2. The van der Waals surface area contributed by atoms with Crippen LogP contribution >= 0.6 is 0 Å². The molecule has 0 saturated heterocycles. The Morgan fingerprint density at radius 2 is 1.79 bits per heavy atom. The molecule has 100 valence electrons. The first-order valence-corrected chi connectivity index (χ1v) is 7.27. The SMILES string of the molecule is Cc1cc(CNS(=O)(=O)c2ccccc2)ccc1F. The van der Waals surface area contributed by atoms with Crippen LogP contribution < -0.4 is 4.72 Å². The molecule has 19 heavy (non-hydrogen) atoms. The van der Waals surface area contributed by atoms with Crippen LogP contribution in [-0.2, 0) is 16.6 Å². The van der Waals surface area contributed by atoms with Crippen molar-refractivity contribution in [3.8, 4) is 0 Å². The standard InChI is InChI=1S/C14H14FNO2S/c1-11-9-12(7-8-14(11)15)10-16-19(17,18)13-5-3-2-4-6-13/h2-9,16H,10H2,1H3. The lowest BCUT2D eigenvalue weighted by atomic mass is 10.1. The third-order valence-electron chi connectivity index (χ3n) is 2.74. The second-order valence-corrected chi connectivity index (χ2v) is 5.99. The summed E-state index contributed by atoms with van der Waals surface area (Å²) in [4.78, 5) is 0.217. The molecule has 0 amide bonds. The molecular formula is C14H14FNO2S. The van der Waals surface area contributed by atoms with E-state index in [0.29, 0.717) is 5.56 Å². The molecule has 0 bridgehead atoms. The Bertz CT molecular complexity index is 669. The van der Waals surface area contributed by atoms with Crippen LogP contribution in [0.4, 0.5) is 4.39 Å². The third-order valence-corrected chi connectivity index (χ3v) is 4.16. The monoisotopic (exact) mass is 279 g/mol. The van der Waals surface area contributed by atoms with Crippen molar-refractivity contribution in [1.29, 1.82) is 0 Å². The number of halogens is 1. The molecule has 2 aromatic carbocycles. The topological polar surface area (TPSA) is 46.2 Å². The second kappa shape index (κ2) is 5.50. The van der Waals surface area contributed by atoms with Crippen LogP contribution in [-0.4, -0.2) is 8.42 Å². The molecule has 0 saturated carbocycles. The molecule has 0 aliphatic heterocycles. The summed E-state index contributed by atoms with van der Waals surface area (Å²) in [6, 6.07) is 12.7.